The number of fused-ring (bicyclic) bond motifs is 1. The molecule has 0 N–H and O–H groups in total. The molecule has 1 aromatic heterocycles. The Morgan fingerprint density at radius 3 is 2.57 bits per heavy atom. The molecule has 3 rings (SSSR count). The summed E-state index contributed by atoms with van der Waals surface area (Å²) in [6.45, 7) is 1.25. The van der Waals surface area contributed by atoms with Crippen molar-refractivity contribution in [3.8, 4) is 0 Å². The molecule has 144 valence electrons. The summed E-state index contributed by atoms with van der Waals surface area (Å²) in [5, 5.41) is 11.3. The topological polar surface area (TPSA) is 113 Å². The third-order valence-corrected chi connectivity index (χ3v) is 4.19. The fraction of sp³-hybridized carbons (Fsp3) is 0.211. The van der Waals surface area contributed by atoms with E-state index in [1.165, 1.54) is 22.8 Å². The van der Waals surface area contributed by atoms with Crippen molar-refractivity contribution in [3.63, 3.8) is 0 Å². The minimum absolute atomic E-state index is 0.00410. The maximum Gasteiger partial charge on any atom is 0.332 e. The molecule has 0 fully saturated rings. The number of ether oxygens (including phenoxy) is 1. The minimum Gasteiger partial charge on any atom is -0.465 e. The number of nitro groups is 1. The van der Waals surface area contributed by atoms with E-state index < -0.39 is 28.7 Å². The highest BCUT2D eigenvalue weighted by molar-refractivity contribution is 5.78. The number of aromatic nitrogens is 2. The number of benzene rings is 2. The lowest BCUT2D eigenvalue weighted by atomic mass is 10.2. The number of non-ortho nitro benzene ring substituents is 1. The van der Waals surface area contributed by atoms with Gasteiger partial charge in [0, 0.05) is 12.1 Å². The van der Waals surface area contributed by atoms with Gasteiger partial charge in [0.15, 0.2) is 0 Å². The molecule has 0 amide bonds. The first-order valence-electron chi connectivity index (χ1n) is 8.53. The Bertz CT molecular complexity index is 1180. The molecule has 2 aromatic carbocycles. The van der Waals surface area contributed by atoms with E-state index >= 15 is 0 Å². The lowest BCUT2D eigenvalue weighted by molar-refractivity contribution is -0.384. The van der Waals surface area contributed by atoms with E-state index in [4.69, 9.17) is 4.74 Å². The third kappa shape index (κ3) is 3.68. The Labute approximate surface area is 158 Å². The first-order chi connectivity index (χ1) is 13.4. The fourth-order valence-electron chi connectivity index (χ4n) is 2.95. The van der Waals surface area contributed by atoms with Crippen LogP contribution in [0.3, 0.4) is 0 Å². The van der Waals surface area contributed by atoms with Crippen LogP contribution in [0.2, 0.25) is 0 Å². The van der Waals surface area contributed by atoms with Crippen LogP contribution < -0.4 is 11.2 Å². The highest BCUT2D eigenvalue weighted by Crippen LogP contribution is 2.15. The van der Waals surface area contributed by atoms with E-state index in [0.717, 1.165) is 4.57 Å². The number of carbonyl (C=O) groups is 1. The summed E-state index contributed by atoms with van der Waals surface area (Å²) in [4.78, 5) is 48.0. The van der Waals surface area contributed by atoms with E-state index in [0.29, 0.717) is 11.1 Å². The van der Waals surface area contributed by atoms with Crippen molar-refractivity contribution >= 4 is 22.6 Å². The standard InChI is InChI=1S/C19H17N3O6/c1-2-28-17(23)12-21-18(24)15-8-3-4-9-16(15)20(19(21)25)11-13-6-5-7-14(10-13)22(26)27/h3-10H,2,11-12H2,1H3. The van der Waals surface area contributed by atoms with Gasteiger partial charge in [0.2, 0.25) is 0 Å². The van der Waals surface area contributed by atoms with Crippen molar-refractivity contribution in [2.24, 2.45) is 0 Å². The molecule has 1 heterocycles. The van der Waals surface area contributed by atoms with E-state index in [-0.39, 0.29) is 24.2 Å². The zero-order chi connectivity index (χ0) is 20.3. The molecule has 0 unspecified atom stereocenters. The summed E-state index contributed by atoms with van der Waals surface area (Å²) in [7, 11) is 0. The SMILES string of the molecule is CCOC(=O)Cn1c(=O)c2ccccc2n(Cc2cccc([N+](=O)[O-])c2)c1=O. The third-order valence-electron chi connectivity index (χ3n) is 4.19. The maximum atomic E-state index is 13.0. The van der Waals surface area contributed by atoms with E-state index in [1.807, 2.05) is 0 Å². The first kappa shape index (κ1) is 19.0. The van der Waals surface area contributed by atoms with Gasteiger partial charge >= 0.3 is 11.7 Å². The number of carbonyl (C=O) groups excluding carboxylic acids is 1. The monoisotopic (exact) mass is 383 g/mol. The van der Waals surface area contributed by atoms with Gasteiger partial charge in [0.25, 0.3) is 11.2 Å². The molecule has 0 spiro atoms. The molecular weight excluding hydrogens is 366 g/mol. The normalized spacial score (nSPS) is 10.8. The number of nitrogens with zero attached hydrogens (tertiary/aromatic N) is 3. The maximum absolute atomic E-state index is 13.0. The zero-order valence-electron chi connectivity index (χ0n) is 15.0. The Balaban J connectivity index is 2.17. The van der Waals surface area contributed by atoms with Crippen LogP contribution in [0, 0.1) is 10.1 Å². The van der Waals surface area contributed by atoms with Gasteiger partial charge in [0.05, 0.1) is 29.0 Å². The van der Waals surface area contributed by atoms with Gasteiger partial charge in [-0.05, 0) is 24.6 Å². The lowest BCUT2D eigenvalue weighted by Gasteiger charge is -2.14. The summed E-state index contributed by atoms with van der Waals surface area (Å²) >= 11 is 0. The summed E-state index contributed by atoms with van der Waals surface area (Å²) < 4.78 is 6.98. The van der Waals surface area contributed by atoms with Crippen LogP contribution in [0.25, 0.3) is 10.9 Å². The summed E-state index contributed by atoms with van der Waals surface area (Å²) in [5.74, 6) is -0.695. The van der Waals surface area contributed by atoms with E-state index in [9.17, 15) is 24.5 Å². The molecule has 0 radical (unpaired) electrons. The molecule has 0 saturated heterocycles. The van der Waals surface area contributed by atoms with Crippen molar-refractivity contribution in [1.82, 2.24) is 9.13 Å². The van der Waals surface area contributed by atoms with Crippen LogP contribution in [0.1, 0.15) is 12.5 Å². The highest BCUT2D eigenvalue weighted by atomic mass is 16.6. The second-order valence-corrected chi connectivity index (χ2v) is 6.01. The van der Waals surface area contributed by atoms with Gasteiger partial charge in [-0.25, -0.2) is 9.36 Å². The number of rotatable bonds is 6. The Kier molecular flexibility index (Phi) is 5.35. The Hall–Kier alpha value is -3.75. The molecule has 9 nitrogen and oxygen atoms in total. The smallest absolute Gasteiger partial charge is 0.332 e. The predicted molar refractivity (Wildman–Crippen MR) is 101 cm³/mol. The second-order valence-electron chi connectivity index (χ2n) is 6.01. The van der Waals surface area contributed by atoms with Crippen LogP contribution in [-0.2, 0) is 22.6 Å². The van der Waals surface area contributed by atoms with Crippen LogP contribution >= 0.6 is 0 Å². The largest absolute Gasteiger partial charge is 0.465 e. The Morgan fingerprint density at radius 2 is 1.86 bits per heavy atom. The lowest BCUT2D eigenvalue weighted by Crippen LogP contribution is -2.42. The average molecular weight is 383 g/mol. The van der Waals surface area contributed by atoms with Gasteiger partial charge in [0.1, 0.15) is 6.54 Å². The van der Waals surface area contributed by atoms with Crippen molar-refractivity contribution < 1.29 is 14.5 Å². The first-order valence-corrected chi connectivity index (χ1v) is 8.53. The van der Waals surface area contributed by atoms with Crippen LogP contribution in [0.15, 0.2) is 58.1 Å². The number of para-hydroxylation sites is 1. The average Bonchev–Trinajstić information content (AvgIpc) is 2.69. The number of hydrogen-bond acceptors (Lipinski definition) is 6. The van der Waals surface area contributed by atoms with Crippen molar-refractivity contribution in [2.75, 3.05) is 6.61 Å². The van der Waals surface area contributed by atoms with Gasteiger partial charge in [-0.1, -0.05) is 24.3 Å². The number of hydrogen-bond donors (Lipinski definition) is 0. The zero-order valence-corrected chi connectivity index (χ0v) is 15.0. The number of nitro benzene ring substituents is 1. The molecule has 9 heteroatoms. The molecule has 3 aromatic rings. The number of esters is 1. The Morgan fingerprint density at radius 1 is 1.11 bits per heavy atom. The van der Waals surface area contributed by atoms with Crippen LogP contribution in [0.5, 0.6) is 0 Å². The second kappa shape index (κ2) is 7.87. The fourth-order valence-corrected chi connectivity index (χ4v) is 2.95. The van der Waals surface area contributed by atoms with Gasteiger partial charge < -0.3 is 4.74 Å². The van der Waals surface area contributed by atoms with Gasteiger partial charge in [-0.15, -0.1) is 0 Å². The molecular formula is C19H17N3O6. The van der Waals surface area contributed by atoms with Crippen LogP contribution in [-0.4, -0.2) is 26.6 Å². The van der Waals surface area contributed by atoms with E-state index in [2.05, 4.69) is 0 Å². The molecule has 28 heavy (non-hydrogen) atoms. The molecule has 0 saturated carbocycles. The quantitative estimate of drug-likeness (QED) is 0.364. The van der Waals surface area contributed by atoms with Crippen LogP contribution in [0.4, 0.5) is 5.69 Å². The van der Waals surface area contributed by atoms with Crippen molar-refractivity contribution in [1.29, 1.82) is 0 Å². The molecule has 0 aliphatic rings. The minimum atomic E-state index is -0.695. The van der Waals surface area contributed by atoms with Crippen molar-refractivity contribution in [3.05, 3.63) is 85.0 Å². The predicted octanol–water partition coefficient (Wildman–Crippen LogP) is 1.68. The van der Waals surface area contributed by atoms with Crippen molar-refractivity contribution in [2.45, 2.75) is 20.0 Å². The van der Waals surface area contributed by atoms with Gasteiger partial charge in [-0.3, -0.25) is 24.3 Å². The summed E-state index contributed by atoms with van der Waals surface area (Å²) in [6, 6.07) is 12.4. The molecule has 0 aliphatic carbocycles. The summed E-state index contributed by atoms with van der Waals surface area (Å²) in [5.41, 5.74) is -0.492. The summed E-state index contributed by atoms with van der Waals surface area (Å²) in [6.07, 6.45) is 0. The molecule has 0 bridgehead atoms. The highest BCUT2D eigenvalue weighted by Gasteiger charge is 2.16. The van der Waals surface area contributed by atoms with Gasteiger partial charge in [-0.2, -0.15) is 0 Å². The van der Waals surface area contributed by atoms with E-state index in [1.54, 1.807) is 37.3 Å². The molecule has 0 aliphatic heterocycles. The molecule has 0 atom stereocenters.